The van der Waals surface area contributed by atoms with Crippen molar-refractivity contribution in [3.05, 3.63) is 112 Å². The van der Waals surface area contributed by atoms with Crippen molar-refractivity contribution in [2.45, 2.75) is 6.61 Å². The SMILES string of the molecule is O=C(/C=C/c1ccc(OCc2ccc([N+](=O)[O-])cc2)cc1)c1ccccc1. The molecule has 134 valence electrons. The lowest BCUT2D eigenvalue weighted by Gasteiger charge is -2.06. The van der Waals surface area contributed by atoms with Crippen LogP contribution in [0.4, 0.5) is 5.69 Å². The lowest BCUT2D eigenvalue weighted by atomic mass is 10.1. The van der Waals surface area contributed by atoms with Gasteiger partial charge in [0.2, 0.25) is 0 Å². The van der Waals surface area contributed by atoms with Gasteiger partial charge >= 0.3 is 0 Å². The summed E-state index contributed by atoms with van der Waals surface area (Å²) in [4.78, 5) is 22.3. The fraction of sp³-hybridized carbons (Fsp3) is 0.0455. The lowest BCUT2D eigenvalue weighted by Crippen LogP contribution is -1.96. The summed E-state index contributed by atoms with van der Waals surface area (Å²) in [6.45, 7) is 0.319. The van der Waals surface area contributed by atoms with Crippen molar-refractivity contribution in [2.75, 3.05) is 0 Å². The van der Waals surface area contributed by atoms with Crippen LogP contribution in [-0.4, -0.2) is 10.7 Å². The van der Waals surface area contributed by atoms with E-state index in [1.807, 2.05) is 42.5 Å². The fourth-order valence-corrected chi connectivity index (χ4v) is 2.43. The predicted molar refractivity (Wildman–Crippen MR) is 104 cm³/mol. The average molecular weight is 359 g/mol. The Morgan fingerprint density at radius 3 is 2.22 bits per heavy atom. The van der Waals surface area contributed by atoms with Gasteiger partial charge in [-0.1, -0.05) is 48.5 Å². The molecule has 5 heteroatoms. The summed E-state index contributed by atoms with van der Waals surface area (Å²) in [6, 6.07) is 22.7. The minimum absolute atomic E-state index is 0.0471. The first-order chi connectivity index (χ1) is 13.1. The number of carbonyl (C=O) groups excluding carboxylic acids is 1. The van der Waals surface area contributed by atoms with Gasteiger partial charge in [0.05, 0.1) is 4.92 Å². The third-order valence-electron chi connectivity index (χ3n) is 3.92. The van der Waals surface area contributed by atoms with Crippen molar-refractivity contribution in [3.8, 4) is 5.75 Å². The van der Waals surface area contributed by atoms with Crippen LogP contribution in [0.25, 0.3) is 6.08 Å². The Bertz CT molecular complexity index is 946. The molecule has 3 aromatic carbocycles. The molecule has 0 N–H and O–H groups in total. The van der Waals surface area contributed by atoms with Gasteiger partial charge in [0.1, 0.15) is 12.4 Å². The number of carbonyl (C=O) groups is 1. The molecule has 0 heterocycles. The molecule has 3 aromatic rings. The van der Waals surface area contributed by atoms with Gasteiger partial charge in [-0.2, -0.15) is 0 Å². The maximum atomic E-state index is 12.1. The highest BCUT2D eigenvalue weighted by atomic mass is 16.6. The van der Waals surface area contributed by atoms with E-state index in [4.69, 9.17) is 4.74 Å². The van der Waals surface area contributed by atoms with E-state index in [0.717, 1.165) is 11.1 Å². The Morgan fingerprint density at radius 1 is 0.926 bits per heavy atom. The minimum Gasteiger partial charge on any atom is -0.489 e. The zero-order chi connectivity index (χ0) is 19.1. The zero-order valence-corrected chi connectivity index (χ0v) is 14.4. The molecule has 0 aromatic heterocycles. The predicted octanol–water partition coefficient (Wildman–Crippen LogP) is 5.07. The van der Waals surface area contributed by atoms with Crippen LogP contribution < -0.4 is 4.74 Å². The largest absolute Gasteiger partial charge is 0.489 e. The van der Waals surface area contributed by atoms with Crippen LogP contribution in [0.5, 0.6) is 5.75 Å². The van der Waals surface area contributed by atoms with E-state index in [1.54, 1.807) is 36.4 Å². The standard InChI is InChI=1S/C22H17NO4/c24-22(19-4-2-1-3-5-19)15-10-17-8-13-21(14-9-17)27-16-18-6-11-20(12-7-18)23(25)26/h1-15H,16H2/b15-10+. The van der Waals surface area contributed by atoms with E-state index in [-0.39, 0.29) is 11.5 Å². The normalized spacial score (nSPS) is 10.7. The van der Waals surface area contributed by atoms with Gasteiger partial charge in [0.15, 0.2) is 5.78 Å². The van der Waals surface area contributed by atoms with Crippen LogP contribution in [-0.2, 0) is 6.61 Å². The first-order valence-electron chi connectivity index (χ1n) is 8.35. The number of nitro benzene ring substituents is 1. The molecule has 3 rings (SSSR count). The number of allylic oxidation sites excluding steroid dienone is 1. The Hall–Kier alpha value is -3.73. The van der Waals surface area contributed by atoms with Crippen molar-refractivity contribution < 1.29 is 14.5 Å². The molecule has 0 spiro atoms. The van der Waals surface area contributed by atoms with Crippen LogP contribution in [0, 0.1) is 10.1 Å². The third kappa shape index (κ3) is 5.12. The Kier molecular flexibility index (Phi) is 5.74. The van der Waals surface area contributed by atoms with E-state index < -0.39 is 4.92 Å². The molecular weight excluding hydrogens is 342 g/mol. The van der Waals surface area contributed by atoms with E-state index in [0.29, 0.717) is 17.9 Å². The number of ketones is 1. The van der Waals surface area contributed by atoms with Crippen molar-refractivity contribution in [3.63, 3.8) is 0 Å². The number of non-ortho nitro benzene ring substituents is 1. The van der Waals surface area contributed by atoms with Crippen LogP contribution in [0.15, 0.2) is 84.9 Å². The molecule has 0 amide bonds. The number of rotatable bonds is 7. The summed E-state index contributed by atoms with van der Waals surface area (Å²) < 4.78 is 5.68. The number of hydrogen-bond acceptors (Lipinski definition) is 4. The minimum atomic E-state index is -0.431. The molecule has 0 atom stereocenters. The van der Waals surface area contributed by atoms with Crippen LogP contribution in [0.1, 0.15) is 21.5 Å². The average Bonchev–Trinajstić information content (AvgIpc) is 2.72. The second-order valence-electron chi connectivity index (χ2n) is 5.84. The van der Waals surface area contributed by atoms with Crippen molar-refractivity contribution >= 4 is 17.5 Å². The summed E-state index contributed by atoms with van der Waals surface area (Å²) in [5, 5.41) is 10.6. The number of hydrogen-bond donors (Lipinski definition) is 0. The van der Waals surface area contributed by atoms with Crippen LogP contribution in [0.3, 0.4) is 0 Å². The monoisotopic (exact) mass is 359 g/mol. The van der Waals surface area contributed by atoms with E-state index in [9.17, 15) is 14.9 Å². The highest BCUT2D eigenvalue weighted by molar-refractivity contribution is 6.06. The van der Waals surface area contributed by atoms with Gasteiger partial charge in [0.25, 0.3) is 5.69 Å². The Balaban J connectivity index is 1.56. The topological polar surface area (TPSA) is 69.4 Å². The second-order valence-corrected chi connectivity index (χ2v) is 5.84. The van der Waals surface area contributed by atoms with Gasteiger partial charge in [-0.25, -0.2) is 0 Å². The molecule has 0 aliphatic carbocycles. The van der Waals surface area contributed by atoms with Gasteiger partial charge in [-0.05, 0) is 41.5 Å². The molecule has 0 saturated carbocycles. The fourth-order valence-electron chi connectivity index (χ4n) is 2.43. The first kappa shape index (κ1) is 18.1. The Morgan fingerprint density at radius 2 is 1.59 bits per heavy atom. The first-order valence-corrected chi connectivity index (χ1v) is 8.35. The van der Waals surface area contributed by atoms with Crippen molar-refractivity contribution in [2.24, 2.45) is 0 Å². The van der Waals surface area contributed by atoms with Crippen molar-refractivity contribution in [1.29, 1.82) is 0 Å². The highest BCUT2D eigenvalue weighted by Crippen LogP contribution is 2.17. The number of benzene rings is 3. The lowest BCUT2D eigenvalue weighted by molar-refractivity contribution is -0.384. The number of ether oxygens (including phenoxy) is 1. The maximum Gasteiger partial charge on any atom is 0.269 e. The van der Waals surface area contributed by atoms with E-state index in [2.05, 4.69) is 0 Å². The van der Waals surface area contributed by atoms with Gasteiger partial charge < -0.3 is 4.74 Å². The molecule has 0 aliphatic heterocycles. The summed E-state index contributed by atoms with van der Waals surface area (Å²) in [7, 11) is 0. The molecule has 27 heavy (non-hydrogen) atoms. The smallest absolute Gasteiger partial charge is 0.269 e. The van der Waals surface area contributed by atoms with Gasteiger partial charge in [-0.3, -0.25) is 14.9 Å². The summed E-state index contributed by atoms with van der Waals surface area (Å²) in [5.41, 5.74) is 2.44. The molecule has 0 saturated heterocycles. The maximum absolute atomic E-state index is 12.1. The highest BCUT2D eigenvalue weighted by Gasteiger charge is 2.04. The molecule has 0 bridgehead atoms. The van der Waals surface area contributed by atoms with Gasteiger partial charge in [0, 0.05) is 17.7 Å². The van der Waals surface area contributed by atoms with Crippen molar-refractivity contribution in [1.82, 2.24) is 0 Å². The summed E-state index contributed by atoms with van der Waals surface area (Å²) in [6.07, 6.45) is 3.30. The molecule has 5 nitrogen and oxygen atoms in total. The molecule has 0 radical (unpaired) electrons. The third-order valence-corrected chi connectivity index (χ3v) is 3.92. The summed E-state index contributed by atoms with van der Waals surface area (Å²) >= 11 is 0. The second kappa shape index (κ2) is 8.58. The van der Waals surface area contributed by atoms with E-state index >= 15 is 0 Å². The Labute approximate surface area is 156 Å². The number of nitro groups is 1. The number of nitrogens with zero attached hydrogens (tertiary/aromatic N) is 1. The van der Waals surface area contributed by atoms with Crippen LogP contribution in [0.2, 0.25) is 0 Å². The van der Waals surface area contributed by atoms with Gasteiger partial charge in [-0.15, -0.1) is 0 Å². The molecule has 0 unspecified atom stereocenters. The van der Waals surface area contributed by atoms with E-state index in [1.165, 1.54) is 12.1 Å². The zero-order valence-electron chi connectivity index (χ0n) is 14.4. The molecule has 0 fully saturated rings. The molecular formula is C22H17NO4. The molecule has 0 aliphatic rings. The summed E-state index contributed by atoms with van der Waals surface area (Å²) in [5.74, 6) is 0.633. The van der Waals surface area contributed by atoms with Crippen LogP contribution >= 0.6 is 0 Å². The quantitative estimate of drug-likeness (QED) is 0.256.